The highest BCUT2D eigenvalue weighted by atomic mass is 15.1. The zero-order valence-electron chi connectivity index (χ0n) is 12.6. The van der Waals surface area contributed by atoms with Gasteiger partial charge in [0.05, 0.1) is 0 Å². The van der Waals surface area contributed by atoms with Gasteiger partial charge in [0, 0.05) is 6.04 Å². The molecule has 0 radical (unpaired) electrons. The van der Waals surface area contributed by atoms with Gasteiger partial charge < -0.3 is 10.2 Å². The van der Waals surface area contributed by atoms with Gasteiger partial charge in [-0.1, -0.05) is 27.2 Å². The quantitative estimate of drug-likeness (QED) is 0.714. The van der Waals surface area contributed by atoms with Gasteiger partial charge >= 0.3 is 0 Å². The molecule has 4 atom stereocenters. The average molecular weight is 252 g/mol. The van der Waals surface area contributed by atoms with Crippen LogP contribution in [0.3, 0.4) is 0 Å². The zero-order chi connectivity index (χ0) is 13.0. The van der Waals surface area contributed by atoms with Gasteiger partial charge in [-0.15, -0.1) is 0 Å². The van der Waals surface area contributed by atoms with Crippen LogP contribution in [0.1, 0.15) is 52.9 Å². The van der Waals surface area contributed by atoms with Gasteiger partial charge in [0.1, 0.15) is 0 Å². The van der Waals surface area contributed by atoms with E-state index in [0.717, 1.165) is 30.3 Å². The highest BCUT2D eigenvalue weighted by molar-refractivity contribution is 4.95. The van der Waals surface area contributed by atoms with Crippen molar-refractivity contribution >= 4 is 0 Å². The van der Waals surface area contributed by atoms with Crippen molar-refractivity contribution in [2.45, 2.75) is 58.9 Å². The van der Waals surface area contributed by atoms with Crippen LogP contribution in [0.4, 0.5) is 0 Å². The molecule has 0 aliphatic heterocycles. The largest absolute Gasteiger partial charge is 0.314 e. The first-order valence-corrected chi connectivity index (χ1v) is 8.24. The van der Waals surface area contributed by atoms with Crippen LogP contribution in [0, 0.1) is 17.8 Å². The number of fused-ring (bicyclic) bond motifs is 2. The second-order valence-electron chi connectivity index (χ2n) is 6.32. The van der Waals surface area contributed by atoms with Gasteiger partial charge in [0.25, 0.3) is 0 Å². The normalized spacial score (nSPS) is 32.3. The van der Waals surface area contributed by atoms with Crippen molar-refractivity contribution in [3.8, 4) is 0 Å². The van der Waals surface area contributed by atoms with Crippen LogP contribution in [0.5, 0.6) is 0 Å². The summed E-state index contributed by atoms with van der Waals surface area (Å²) >= 11 is 0. The lowest BCUT2D eigenvalue weighted by Gasteiger charge is -2.32. The Hall–Kier alpha value is -0.0800. The van der Waals surface area contributed by atoms with E-state index in [0.29, 0.717) is 0 Å². The second kappa shape index (κ2) is 6.91. The van der Waals surface area contributed by atoms with Crippen LogP contribution in [0.25, 0.3) is 0 Å². The first kappa shape index (κ1) is 14.3. The standard InChI is InChI=1S/C16H32N2/c1-4-17-16(9-10-18(5-2)6-3)15-12-13-7-8-14(15)11-13/h13-17H,4-12H2,1-3H3. The van der Waals surface area contributed by atoms with Crippen molar-refractivity contribution in [1.82, 2.24) is 10.2 Å². The highest BCUT2D eigenvalue weighted by Crippen LogP contribution is 2.49. The molecule has 106 valence electrons. The number of rotatable bonds is 8. The van der Waals surface area contributed by atoms with E-state index in [4.69, 9.17) is 0 Å². The van der Waals surface area contributed by atoms with Gasteiger partial charge in [0.2, 0.25) is 0 Å². The molecule has 0 aromatic heterocycles. The Morgan fingerprint density at radius 3 is 2.39 bits per heavy atom. The van der Waals surface area contributed by atoms with Crippen molar-refractivity contribution < 1.29 is 0 Å². The molecule has 2 rings (SSSR count). The summed E-state index contributed by atoms with van der Waals surface area (Å²) in [5, 5.41) is 3.79. The third-order valence-corrected chi connectivity index (χ3v) is 5.43. The monoisotopic (exact) mass is 252 g/mol. The van der Waals surface area contributed by atoms with Crippen molar-refractivity contribution in [2.24, 2.45) is 17.8 Å². The molecule has 2 aliphatic rings. The molecule has 0 spiro atoms. The molecule has 2 aliphatic carbocycles. The number of hydrogen-bond donors (Lipinski definition) is 1. The fourth-order valence-electron chi connectivity index (χ4n) is 4.38. The lowest BCUT2D eigenvalue weighted by Crippen LogP contribution is -2.41. The molecular weight excluding hydrogens is 220 g/mol. The molecule has 0 aromatic carbocycles. The molecule has 1 N–H and O–H groups in total. The minimum absolute atomic E-state index is 0.783. The maximum Gasteiger partial charge on any atom is 0.0110 e. The number of nitrogens with zero attached hydrogens (tertiary/aromatic N) is 1. The van der Waals surface area contributed by atoms with E-state index in [9.17, 15) is 0 Å². The predicted molar refractivity (Wildman–Crippen MR) is 78.8 cm³/mol. The SMILES string of the molecule is CCNC(CCN(CC)CC)C1CC2CCC1C2. The molecule has 2 fully saturated rings. The summed E-state index contributed by atoms with van der Waals surface area (Å²) in [7, 11) is 0. The summed E-state index contributed by atoms with van der Waals surface area (Å²) in [5.74, 6) is 3.12. The smallest absolute Gasteiger partial charge is 0.0110 e. The third-order valence-electron chi connectivity index (χ3n) is 5.43. The Morgan fingerprint density at radius 1 is 1.11 bits per heavy atom. The molecule has 2 bridgehead atoms. The lowest BCUT2D eigenvalue weighted by molar-refractivity contribution is 0.210. The van der Waals surface area contributed by atoms with Gasteiger partial charge in [-0.3, -0.25) is 0 Å². The van der Waals surface area contributed by atoms with Crippen LogP contribution in [-0.4, -0.2) is 37.1 Å². The van der Waals surface area contributed by atoms with Crippen LogP contribution in [0.2, 0.25) is 0 Å². The Morgan fingerprint density at radius 2 is 1.89 bits per heavy atom. The molecule has 0 amide bonds. The van der Waals surface area contributed by atoms with E-state index < -0.39 is 0 Å². The maximum atomic E-state index is 3.79. The molecule has 2 saturated carbocycles. The molecule has 18 heavy (non-hydrogen) atoms. The summed E-state index contributed by atoms with van der Waals surface area (Å²) in [6.07, 6.45) is 7.44. The predicted octanol–water partition coefficient (Wildman–Crippen LogP) is 3.13. The van der Waals surface area contributed by atoms with Crippen LogP contribution in [0.15, 0.2) is 0 Å². The van der Waals surface area contributed by atoms with Gasteiger partial charge in [-0.25, -0.2) is 0 Å². The summed E-state index contributed by atoms with van der Waals surface area (Å²) in [6, 6.07) is 0.783. The van der Waals surface area contributed by atoms with Crippen LogP contribution in [-0.2, 0) is 0 Å². The third kappa shape index (κ3) is 3.27. The Labute approximate surface area is 114 Å². The highest BCUT2D eigenvalue weighted by Gasteiger charge is 2.42. The van der Waals surface area contributed by atoms with Crippen molar-refractivity contribution in [3.63, 3.8) is 0 Å². The van der Waals surface area contributed by atoms with Gasteiger partial charge in [0.15, 0.2) is 0 Å². The molecular formula is C16H32N2. The topological polar surface area (TPSA) is 15.3 Å². The Bertz CT molecular complexity index is 237. The first-order chi connectivity index (χ1) is 8.78. The van der Waals surface area contributed by atoms with E-state index in [1.54, 1.807) is 0 Å². The Balaban J connectivity index is 1.84. The fraction of sp³-hybridized carbons (Fsp3) is 1.00. The Kier molecular flexibility index (Phi) is 5.50. The summed E-state index contributed by atoms with van der Waals surface area (Å²) < 4.78 is 0. The number of hydrogen-bond acceptors (Lipinski definition) is 2. The summed E-state index contributed by atoms with van der Waals surface area (Å²) in [5.41, 5.74) is 0. The second-order valence-corrected chi connectivity index (χ2v) is 6.32. The van der Waals surface area contributed by atoms with E-state index in [2.05, 4.69) is 31.0 Å². The van der Waals surface area contributed by atoms with Gasteiger partial charge in [-0.2, -0.15) is 0 Å². The molecule has 0 saturated heterocycles. The van der Waals surface area contributed by atoms with Crippen molar-refractivity contribution in [1.29, 1.82) is 0 Å². The first-order valence-electron chi connectivity index (χ1n) is 8.24. The number of nitrogens with one attached hydrogen (secondary N) is 1. The van der Waals surface area contributed by atoms with Crippen LogP contribution >= 0.6 is 0 Å². The van der Waals surface area contributed by atoms with E-state index in [1.807, 2.05) is 0 Å². The molecule has 0 aromatic rings. The van der Waals surface area contributed by atoms with E-state index >= 15 is 0 Å². The molecule has 2 heteroatoms. The summed E-state index contributed by atoms with van der Waals surface area (Å²) in [6.45, 7) is 11.6. The molecule has 4 unspecified atom stereocenters. The molecule has 0 heterocycles. The average Bonchev–Trinajstić information content (AvgIpc) is 3.01. The maximum absolute atomic E-state index is 3.79. The summed E-state index contributed by atoms with van der Waals surface area (Å²) in [4.78, 5) is 2.57. The minimum Gasteiger partial charge on any atom is -0.314 e. The van der Waals surface area contributed by atoms with Crippen LogP contribution < -0.4 is 5.32 Å². The van der Waals surface area contributed by atoms with Crippen molar-refractivity contribution in [2.75, 3.05) is 26.2 Å². The van der Waals surface area contributed by atoms with Gasteiger partial charge in [-0.05, 0) is 69.6 Å². The zero-order valence-corrected chi connectivity index (χ0v) is 12.6. The molecule has 2 nitrogen and oxygen atoms in total. The van der Waals surface area contributed by atoms with E-state index in [-0.39, 0.29) is 0 Å². The fourth-order valence-corrected chi connectivity index (χ4v) is 4.38. The minimum atomic E-state index is 0.783. The van der Waals surface area contributed by atoms with Crippen molar-refractivity contribution in [3.05, 3.63) is 0 Å². The lowest BCUT2D eigenvalue weighted by atomic mass is 9.82. The van der Waals surface area contributed by atoms with E-state index in [1.165, 1.54) is 51.7 Å².